The van der Waals surface area contributed by atoms with Gasteiger partial charge in [-0.05, 0) is 32.3 Å². The van der Waals surface area contributed by atoms with Crippen molar-refractivity contribution in [2.75, 3.05) is 20.8 Å². The molecule has 0 bridgehead atoms. The fourth-order valence-corrected chi connectivity index (χ4v) is 1.09. The zero-order chi connectivity index (χ0) is 11.1. The number of allylic oxidation sites excluding steroid dienone is 1. The molecule has 0 radical (unpaired) electrons. The van der Waals surface area contributed by atoms with Crippen molar-refractivity contribution in [3.63, 3.8) is 0 Å². The lowest BCUT2D eigenvalue weighted by atomic mass is 10.2. The molecule has 0 saturated heterocycles. The molecule has 0 spiro atoms. The van der Waals surface area contributed by atoms with E-state index in [0.717, 1.165) is 17.6 Å². The molecule has 0 N–H and O–H groups in total. The van der Waals surface area contributed by atoms with Gasteiger partial charge in [-0.25, -0.2) is 0 Å². The van der Waals surface area contributed by atoms with Crippen LogP contribution in [-0.2, 0) is 4.79 Å². The lowest BCUT2D eigenvalue weighted by Crippen LogP contribution is -2.18. The molecule has 0 unspecified atom stereocenters. The van der Waals surface area contributed by atoms with E-state index in [1.807, 2.05) is 43.3 Å². The molecule has 1 rings (SSSR count). The highest BCUT2D eigenvalue weighted by Crippen LogP contribution is 2.19. The van der Waals surface area contributed by atoms with Crippen molar-refractivity contribution in [1.82, 2.24) is 4.90 Å². The minimum absolute atomic E-state index is 0.520. The summed E-state index contributed by atoms with van der Waals surface area (Å²) in [4.78, 5) is 12.2. The Morgan fingerprint density at radius 3 is 2.73 bits per heavy atom. The molecule has 0 aliphatic carbocycles. The summed E-state index contributed by atoms with van der Waals surface area (Å²) >= 11 is 0. The minimum Gasteiger partial charge on any atom is -0.478 e. The van der Waals surface area contributed by atoms with Crippen molar-refractivity contribution >= 4 is 12.4 Å². The Balaban J connectivity index is 2.76. The highest BCUT2D eigenvalue weighted by molar-refractivity contribution is 5.75. The lowest BCUT2D eigenvalue weighted by Gasteiger charge is -2.13. The number of aldehydes is 1. The molecule has 1 aromatic carbocycles. The zero-order valence-electron chi connectivity index (χ0n) is 9.01. The first-order chi connectivity index (χ1) is 7.24. The van der Waals surface area contributed by atoms with Crippen LogP contribution in [0.1, 0.15) is 5.56 Å². The smallest absolute Gasteiger partial charge is 0.142 e. The summed E-state index contributed by atoms with van der Waals surface area (Å²) in [6, 6.07) is 7.61. The van der Waals surface area contributed by atoms with Gasteiger partial charge in [0.05, 0.1) is 0 Å². The number of carbonyl (C=O) groups excluding carboxylic acids is 1. The second kappa shape index (κ2) is 5.98. The third kappa shape index (κ3) is 3.95. The predicted octanol–water partition coefficient (Wildman–Crippen LogP) is 1.80. The summed E-state index contributed by atoms with van der Waals surface area (Å²) < 4.78 is 5.55. The lowest BCUT2D eigenvalue weighted by molar-refractivity contribution is -0.104. The van der Waals surface area contributed by atoms with Crippen LogP contribution in [0.5, 0.6) is 5.75 Å². The highest BCUT2D eigenvalue weighted by Gasteiger charge is 1.99. The second-order valence-electron chi connectivity index (χ2n) is 3.39. The molecular weight excluding hydrogens is 190 g/mol. The fourth-order valence-electron chi connectivity index (χ4n) is 1.09. The van der Waals surface area contributed by atoms with E-state index in [1.54, 1.807) is 6.08 Å². The summed E-state index contributed by atoms with van der Waals surface area (Å²) in [6.45, 7) is 0.520. The largest absolute Gasteiger partial charge is 0.478 e. The Kier molecular flexibility index (Phi) is 4.57. The van der Waals surface area contributed by atoms with Gasteiger partial charge in [-0.15, -0.1) is 0 Å². The molecule has 0 aromatic heterocycles. The maximum absolute atomic E-state index is 10.2. The minimum atomic E-state index is 0.520. The van der Waals surface area contributed by atoms with Crippen LogP contribution in [0.3, 0.4) is 0 Å². The Morgan fingerprint density at radius 1 is 1.33 bits per heavy atom. The van der Waals surface area contributed by atoms with Gasteiger partial charge in [0.1, 0.15) is 18.8 Å². The highest BCUT2D eigenvalue weighted by atomic mass is 16.5. The normalized spacial score (nSPS) is 10.9. The summed E-state index contributed by atoms with van der Waals surface area (Å²) in [5, 5.41) is 0. The number of nitrogens with zero attached hydrogens (tertiary/aromatic N) is 1. The van der Waals surface area contributed by atoms with Gasteiger partial charge in [0, 0.05) is 5.56 Å². The quantitative estimate of drug-likeness (QED) is 0.417. The van der Waals surface area contributed by atoms with Crippen LogP contribution in [-0.4, -0.2) is 32.0 Å². The van der Waals surface area contributed by atoms with E-state index in [1.165, 1.54) is 6.08 Å². The average Bonchev–Trinajstić information content (AvgIpc) is 2.24. The number of carbonyl (C=O) groups is 1. The van der Waals surface area contributed by atoms with Crippen LogP contribution in [0.2, 0.25) is 0 Å². The average molecular weight is 205 g/mol. The summed E-state index contributed by atoms with van der Waals surface area (Å²) in [6.07, 6.45) is 3.94. The van der Waals surface area contributed by atoms with Crippen LogP contribution >= 0.6 is 0 Å². The van der Waals surface area contributed by atoms with Crippen molar-refractivity contribution in [2.24, 2.45) is 0 Å². The molecule has 3 nitrogen and oxygen atoms in total. The molecule has 80 valence electrons. The van der Waals surface area contributed by atoms with Crippen molar-refractivity contribution in [3.05, 3.63) is 35.9 Å². The van der Waals surface area contributed by atoms with Gasteiger partial charge in [0.15, 0.2) is 0 Å². The molecule has 0 fully saturated rings. The molecule has 1 aromatic rings. The first-order valence-corrected chi connectivity index (χ1v) is 4.72. The Bertz CT molecular complexity index is 345. The molecule has 0 amide bonds. The molecule has 0 heterocycles. The molecule has 15 heavy (non-hydrogen) atoms. The van der Waals surface area contributed by atoms with E-state index in [-0.39, 0.29) is 0 Å². The monoisotopic (exact) mass is 205 g/mol. The van der Waals surface area contributed by atoms with E-state index in [0.29, 0.717) is 6.73 Å². The fraction of sp³-hybridized carbons (Fsp3) is 0.250. The maximum Gasteiger partial charge on any atom is 0.142 e. The van der Waals surface area contributed by atoms with Gasteiger partial charge in [-0.1, -0.05) is 18.2 Å². The first-order valence-electron chi connectivity index (χ1n) is 4.72. The Morgan fingerprint density at radius 2 is 2.07 bits per heavy atom. The molecule has 0 saturated carbocycles. The molecular formula is C12H15NO2. The summed E-state index contributed by atoms with van der Waals surface area (Å²) in [5.74, 6) is 0.782. The van der Waals surface area contributed by atoms with Crippen molar-refractivity contribution < 1.29 is 9.53 Å². The van der Waals surface area contributed by atoms with Gasteiger partial charge in [0.25, 0.3) is 0 Å². The van der Waals surface area contributed by atoms with Crippen molar-refractivity contribution in [1.29, 1.82) is 0 Å². The van der Waals surface area contributed by atoms with Gasteiger partial charge in [0.2, 0.25) is 0 Å². The van der Waals surface area contributed by atoms with Crippen LogP contribution in [0.15, 0.2) is 30.3 Å². The van der Waals surface area contributed by atoms with Crippen LogP contribution in [0.25, 0.3) is 6.08 Å². The SMILES string of the molecule is CN(C)COc1ccccc1/C=C/C=O. The van der Waals surface area contributed by atoms with Crippen LogP contribution < -0.4 is 4.74 Å². The maximum atomic E-state index is 10.2. The molecule has 0 aliphatic rings. The number of rotatable bonds is 5. The number of ether oxygens (including phenoxy) is 1. The predicted molar refractivity (Wildman–Crippen MR) is 60.7 cm³/mol. The van der Waals surface area contributed by atoms with Crippen molar-refractivity contribution in [3.8, 4) is 5.75 Å². The molecule has 0 aliphatic heterocycles. The summed E-state index contributed by atoms with van der Waals surface area (Å²) in [5.41, 5.74) is 0.909. The van der Waals surface area contributed by atoms with Gasteiger partial charge >= 0.3 is 0 Å². The third-order valence-corrected chi connectivity index (χ3v) is 1.75. The number of para-hydroxylation sites is 1. The van der Waals surface area contributed by atoms with E-state index in [4.69, 9.17) is 4.74 Å². The van der Waals surface area contributed by atoms with E-state index in [2.05, 4.69) is 0 Å². The zero-order valence-corrected chi connectivity index (χ0v) is 9.01. The Labute approximate surface area is 90.0 Å². The third-order valence-electron chi connectivity index (χ3n) is 1.75. The number of hydrogen-bond donors (Lipinski definition) is 0. The van der Waals surface area contributed by atoms with Crippen LogP contribution in [0.4, 0.5) is 0 Å². The molecule has 0 atom stereocenters. The summed E-state index contributed by atoms with van der Waals surface area (Å²) in [7, 11) is 3.87. The van der Waals surface area contributed by atoms with E-state index < -0.39 is 0 Å². The topological polar surface area (TPSA) is 29.5 Å². The van der Waals surface area contributed by atoms with E-state index >= 15 is 0 Å². The Hall–Kier alpha value is -1.61. The first kappa shape index (κ1) is 11.5. The van der Waals surface area contributed by atoms with Crippen LogP contribution in [0, 0.1) is 0 Å². The van der Waals surface area contributed by atoms with Gasteiger partial charge in [-0.2, -0.15) is 0 Å². The number of hydrogen-bond acceptors (Lipinski definition) is 3. The van der Waals surface area contributed by atoms with Gasteiger partial charge < -0.3 is 4.74 Å². The van der Waals surface area contributed by atoms with E-state index in [9.17, 15) is 4.79 Å². The van der Waals surface area contributed by atoms with Gasteiger partial charge in [-0.3, -0.25) is 9.69 Å². The van der Waals surface area contributed by atoms with Crippen molar-refractivity contribution in [2.45, 2.75) is 0 Å². The standard InChI is InChI=1S/C12H15NO2/c1-13(2)10-15-12-8-4-3-6-11(12)7-5-9-14/h3-9H,10H2,1-2H3/b7-5+. The molecule has 3 heteroatoms. The number of benzene rings is 1. The second-order valence-corrected chi connectivity index (χ2v) is 3.39.